The number of para-hydroxylation sites is 1. The van der Waals surface area contributed by atoms with Crippen molar-refractivity contribution in [3.05, 3.63) is 97.0 Å². The van der Waals surface area contributed by atoms with Gasteiger partial charge in [-0.05, 0) is 64.4 Å². The van der Waals surface area contributed by atoms with Crippen molar-refractivity contribution >= 4 is 39.1 Å². The number of anilines is 1. The first-order valence-corrected chi connectivity index (χ1v) is 12.4. The van der Waals surface area contributed by atoms with Gasteiger partial charge in [0.25, 0.3) is 11.9 Å². The van der Waals surface area contributed by atoms with Crippen LogP contribution in [0.5, 0.6) is 11.5 Å². The average Bonchev–Trinajstić information content (AvgIpc) is 3.33. The quantitative estimate of drug-likeness (QED) is 0.322. The largest absolute Gasteiger partial charge is 0.493 e. The summed E-state index contributed by atoms with van der Waals surface area (Å²) in [7, 11) is 3.28. The van der Waals surface area contributed by atoms with Crippen molar-refractivity contribution in [3.63, 3.8) is 0 Å². The first kappa shape index (κ1) is 24.5. The molecule has 5 rings (SSSR count). The van der Waals surface area contributed by atoms with Crippen LogP contribution in [0.1, 0.15) is 22.6 Å². The summed E-state index contributed by atoms with van der Waals surface area (Å²) in [5, 5.41) is 16.0. The third-order valence-corrected chi connectivity index (χ3v) is 7.86. The fraction of sp³-hybridized carbons (Fsp3) is 0.269. The summed E-state index contributed by atoms with van der Waals surface area (Å²) in [6, 6.07) is 16.8. The monoisotopic (exact) mass is 571 g/mol. The summed E-state index contributed by atoms with van der Waals surface area (Å²) >= 11 is 9.53. The summed E-state index contributed by atoms with van der Waals surface area (Å²) in [4.78, 5) is 27.3. The second-order valence-electron chi connectivity index (χ2n) is 8.93. The maximum absolute atomic E-state index is 13.3. The molecule has 0 unspecified atom stereocenters. The molecule has 36 heavy (non-hydrogen) atoms. The Labute approximate surface area is 221 Å². The van der Waals surface area contributed by atoms with Crippen LogP contribution >= 0.6 is 27.5 Å². The molecule has 10 heteroatoms. The topological polar surface area (TPSA) is 93.9 Å². The zero-order valence-electron chi connectivity index (χ0n) is 19.5. The van der Waals surface area contributed by atoms with Gasteiger partial charge in [-0.2, -0.15) is 0 Å². The van der Waals surface area contributed by atoms with Crippen molar-refractivity contribution in [1.82, 2.24) is 4.90 Å². The number of ether oxygens (including phenoxy) is 2. The highest BCUT2D eigenvalue weighted by Crippen LogP contribution is 2.53. The predicted molar refractivity (Wildman–Crippen MR) is 139 cm³/mol. The SMILES string of the molecule is COc1cc([C@@H]2CN(C)[C@]3(C(=O)Nc4ccccc43)[C@@H]2[N+](=O)[O-])cc(Br)c1OCc1ccc(Cl)cc1. The van der Waals surface area contributed by atoms with Gasteiger partial charge in [0, 0.05) is 27.7 Å². The van der Waals surface area contributed by atoms with Gasteiger partial charge in [-0.25, -0.2) is 0 Å². The van der Waals surface area contributed by atoms with E-state index in [2.05, 4.69) is 21.2 Å². The van der Waals surface area contributed by atoms with Crippen LogP contribution in [0.2, 0.25) is 5.02 Å². The summed E-state index contributed by atoms with van der Waals surface area (Å²) < 4.78 is 12.2. The van der Waals surface area contributed by atoms with Gasteiger partial charge in [-0.15, -0.1) is 0 Å². The van der Waals surface area contributed by atoms with Gasteiger partial charge >= 0.3 is 0 Å². The van der Waals surface area contributed by atoms with Crippen LogP contribution in [0.4, 0.5) is 5.69 Å². The molecule has 0 radical (unpaired) electrons. The van der Waals surface area contributed by atoms with Crippen molar-refractivity contribution in [3.8, 4) is 11.5 Å². The van der Waals surface area contributed by atoms with E-state index in [-0.39, 0.29) is 17.4 Å². The van der Waals surface area contributed by atoms with Crippen LogP contribution in [0, 0.1) is 10.1 Å². The molecule has 0 saturated carbocycles. The molecule has 2 heterocycles. The second-order valence-corrected chi connectivity index (χ2v) is 10.2. The molecular formula is C26H23BrClN3O5. The maximum atomic E-state index is 13.3. The van der Waals surface area contributed by atoms with E-state index in [0.717, 1.165) is 5.56 Å². The Hall–Kier alpha value is -3.14. The lowest BCUT2D eigenvalue weighted by Gasteiger charge is -2.30. The van der Waals surface area contributed by atoms with Crippen LogP contribution in [-0.4, -0.2) is 42.5 Å². The minimum absolute atomic E-state index is 0.287. The Morgan fingerprint density at radius 3 is 2.64 bits per heavy atom. The molecule has 8 nitrogen and oxygen atoms in total. The highest BCUT2D eigenvalue weighted by atomic mass is 79.9. The number of hydrogen-bond acceptors (Lipinski definition) is 6. The smallest absolute Gasteiger partial charge is 0.256 e. The van der Waals surface area contributed by atoms with Gasteiger partial charge in [0.2, 0.25) is 0 Å². The molecule has 0 bridgehead atoms. The van der Waals surface area contributed by atoms with Crippen LogP contribution < -0.4 is 14.8 Å². The van der Waals surface area contributed by atoms with Crippen LogP contribution in [-0.2, 0) is 16.9 Å². The zero-order valence-corrected chi connectivity index (χ0v) is 21.9. The number of likely N-dealkylation sites (N-methyl/N-ethyl adjacent to an activating group) is 1. The van der Waals surface area contributed by atoms with E-state index in [1.807, 2.05) is 18.2 Å². The van der Waals surface area contributed by atoms with Gasteiger partial charge < -0.3 is 14.8 Å². The standard InChI is InChI=1S/C26H23BrClN3O5/c1-30-13-18(24(31(33)34)26(30)19-5-3-4-6-21(19)29-25(26)32)16-11-20(27)23(22(12-16)35-2)36-14-15-7-9-17(28)10-8-15/h3-12,18,24H,13-14H2,1-2H3,(H,29,32)/t18-,24+,26-/m0/s1. The first-order chi connectivity index (χ1) is 17.3. The van der Waals surface area contributed by atoms with E-state index in [4.69, 9.17) is 21.1 Å². The van der Waals surface area contributed by atoms with Gasteiger partial charge in [-0.1, -0.05) is 41.9 Å². The third-order valence-electron chi connectivity index (χ3n) is 7.02. The molecule has 0 aliphatic carbocycles. The summed E-state index contributed by atoms with van der Waals surface area (Å²) in [5.41, 5.74) is 1.42. The Balaban J connectivity index is 1.52. The van der Waals surface area contributed by atoms with Crippen molar-refractivity contribution in [2.24, 2.45) is 0 Å². The number of carbonyl (C=O) groups is 1. The summed E-state index contributed by atoms with van der Waals surface area (Å²) in [6.45, 7) is 0.600. The molecule has 3 atom stereocenters. The number of amides is 1. The molecule has 1 spiro atoms. The zero-order chi connectivity index (χ0) is 25.6. The lowest BCUT2D eigenvalue weighted by atomic mass is 9.79. The van der Waals surface area contributed by atoms with E-state index >= 15 is 0 Å². The minimum Gasteiger partial charge on any atom is -0.493 e. The number of rotatable bonds is 6. The molecule has 1 amide bonds. The number of nitro groups is 1. The summed E-state index contributed by atoms with van der Waals surface area (Å²) in [5.74, 6) is -0.0315. The van der Waals surface area contributed by atoms with Crippen LogP contribution in [0.3, 0.4) is 0 Å². The second kappa shape index (κ2) is 9.38. The normalized spacial score (nSPS) is 22.9. The van der Waals surface area contributed by atoms with Crippen molar-refractivity contribution in [2.45, 2.75) is 24.1 Å². The Morgan fingerprint density at radius 1 is 1.22 bits per heavy atom. The van der Waals surface area contributed by atoms with Gasteiger partial charge in [0.15, 0.2) is 17.0 Å². The van der Waals surface area contributed by atoms with Gasteiger partial charge in [0.1, 0.15) is 6.61 Å². The van der Waals surface area contributed by atoms with Crippen molar-refractivity contribution < 1.29 is 19.2 Å². The molecule has 0 aromatic heterocycles. The molecule has 1 saturated heterocycles. The molecule has 1 N–H and O–H groups in total. The number of fused-ring (bicyclic) bond motifs is 2. The third kappa shape index (κ3) is 3.82. The van der Waals surface area contributed by atoms with E-state index in [1.165, 1.54) is 7.11 Å². The molecule has 1 fully saturated rings. The van der Waals surface area contributed by atoms with E-state index in [1.54, 1.807) is 54.4 Å². The number of hydrogen-bond donors (Lipinski definition) is 1. The first-order valence-electron chi connectivity index (χ1n) is 11.3. The average molecular weight is 573 g/mol. The molecule has 186 valence electrons. The lowest BCUT2D eigenvalue weighted by Crippen LogP contribution is -2.54. The number of carbonyl (C=O) groups excluding carboxylic acids is 1. The summed E-state index contributed by atoms with van der Waals surface area (Å²) in [6.07, 6.45) is 0. The number of nitrogens with one attached hydrogen (secondary N) is 1. The van der Waals surface area contributed by atoms with Gasteiger partial charge in [0.05, 0.1) is 17.5 Å². The maximum Gasteiger partial charge on any atom is 0.256 e. The van der Waals surface area contributed by atoms with Crippen molar-refractivity contribution in [1.29, 1.82) is 0 Å². The van der Waals surface area contributed by atoms with Gasteiger partial charge in [-0.3, -0.25) is 19.8 Å². The Kier molecular flexibility index (Phi) is 6.40. The number of halogens is 2. The van der Waals surface area contributed by atoms with E-state index in [0.29, 0.717) is 44.4 Å². The van der Waals surface area contributed by atoms with Crippen molar-refractivity contribution in [2.75, 3.05) is 26.0 Å². The van der Waals surface area contributed by atoms with Crippen LogP contribution in [0.15, 0.2) is 65.1 Å². The molecule has 2 aliphatic rings. The predicted octanol–water partition coefficient (Wildman–Crippen LogP) is 5.21. The fourth-order valence-corrected chi connectivity index (χ4v) is 6.11. The Bertz CT molecular complexity index is 1350. The fourth-order valence-electron chi connectivity index (χ4n) is 5.41. The Morgan fingerprint density at radius 2 is 1.94 bits per heavy atom. The lowest BCUT2D eigenvalue weighted by molar-refractivity contribution is -0.534. The number of methoxy groups -OCH3 is 1. The van der Waals surface area contributed by atoms with E-state index in [9.17, 15) is 14.9 Å². The molecule has 2 aliphatic heterocycles. The van der Waals surface area contributed by atoms with E-state index < -0.39 is 17.5 Å². The number of nitrogens with zero attached hydrogens (tertiary/aromatic N) is 2. The molecule has 3 aromatic rings. The minimum atomic E-state index is -1.41. The highest BCUT2D eigenvalue weighted by Gasteiger charge is 2.68. The van der Waals surface area contributed by atoms with Crippen LogP contribution in [0.25, 0.3) is 0 Å². The molecule has 3 aromatic carbocycles. The number of benzene rings is 3. The molecular weight excluding hydrogens is 550 g/mol. The highest BCUT2D eigenvalue weighted by molar-refractivity contribution is 9.10. The number of likely N-dealkylation sites (tertiary alicyclic amines) is 1.